The number of aromatic nitrogens is 2. The normalized spacial score (nSPS) is 20.0. The van der Waals surface area contributed by atoms with E-state index in [1.54, 1.807) is 12.5 Å². The Labute approximate surface area is 136 Å². The van der Waals surface area contributed by atoms with E-state index in [2.05, 4.69) is 41.5 Å². The van der Waals surface area contributed by atoms with Crippen LogP contribution in [0.1, 0.15) is 36.8 Å². The molecule has 1 aromatic heterocycles. The van der Waals surface area contributed by atoms with E-state index in [9.17, 15) is 4.79 Å². The van der Waals surface area contributed by atoms with Crippen LogP contribution in [0.5, 0.6) is 0 Å². The molecule has 0 spiro atoms. The molecule has 1 N–H and O–H groups in total. The van der Waals surface area contributed by atoms with Crippen LogP contribution in [0.2, 0.25) is 0 Å². The van der Waals surface area contributed by atoms with Crippen LogP contribution in [0, 0.1) is 12.3 Å². The summed E-state index contributed by atoms with van der Waals surface area (Å²) in [5.41, 5.74) is 2.38. The SMILES string of the molecule is Cc1ccc(CC2(NC(=O)C3(Cn4ccnc4)CC3)CC2)cc1. The Morgan fingerprint density at radius 3 is 2.52 bits per heavy atom. The smallest absolute Gasteiger partial charge is 0.228 e. The van der Waals surface area contributed by atoms with Crippen LogP contribution < -0.4 is 5.32 Å². The second-order valence-electron chi connectivity index (χ2n) is 7.41. The Balaban J connectivity index is 1.41. The van der Waals surface area contributed by atoms with Gasteiger partial charge in [-0.3, -0.25) is 4.79 Å². The summed E-state index contributed by atoms with van der Waals surface area (Å²) in [6, 6.07) is 8.66. The largest absolute Gasteiger partial charge is 0.350 e. The number of amides is 1. The van der Waals surface area contributed by atoms with E-state index in [1.165, 1.54) is 11.1 Å². The Bertz CT molecular complexity index is 695. The minimum absolute atomic E-state index is 0.00311. The number of hydrogen-bond acceptors (Lipinski definition) is 2. The molecule has 0 radical (unpaired) electrons. The van der Waals surface area contributed by atoms with Crippen LogP contribution in [0.4, 0.5) is 0 Å². The van der Waals surface area contributed by atoms with E-state index >= 15 is 0 Å². The van der Waals surface area contributed by atoms with E-state index in [0.717, 1.165) is 38.6 Å². The highest BCUT2D eigenvalue weighted by molar-refractivity contribution is 5.86. The monoisotopic (exact) mass is 309 g/mol. The molecule has 23 heavy (non-hydrogen) atoms. The molecule has 1 amide bonds. The lowest BCUT2D eigenvalue weighted by molar-refractivity contribution is -0.127. The minimum Gasteiger partial charge on any atom is -0.350 e. The van der Waals surface area contributed by atoms with Crippen LogP contribution in [-0.4, -0.2) is 21.0 Å². The molecule has 2 aliphatic rings. The summed E-state index contributed by atoms with van der Waals surface area (Å²) in [6.45, 7) is 2.85. The molecule has 2 saturated carbocycles. The molecule has 1 heterocycles. The van der Waals surface area contributed by atoms with Crippen molar-refractivity contribution in [3.8, 4) is 0 Å². The molecule has 0 bridgehead atoms. The Kier molecular flexibility index (Phi) is 3.29. The summed E-state index contributed by atoms with van der Waals surface area (Å²) < 4.78 is 2.02. The summed E-state index contributed by atoms with van der Waals surface area (Å²) in [4.78, 5) is 16.9. The maximum Gasteiger partial charge on any atom is 0.228 e. The zero-order valence-corrected chi connectivity index (χ0v) is 13.6. The van der Waals surface area contributed by atoms with Gasteiger partial charge < -0.3 is 9.88 Å². The van der Waals surface area contributed by atoms with E-state index in [0.29, 0.717) is 0 Å². The van der Waals surface area contributed by atoms with Crippen molar-refractivity contribution in [2.75, 3.05) is 0 Å². The quantitative estimate of drug-likeness (QED) is 0.892. The fraction of sp³-hybridized carbons (Fsp3) is 0.474. The molecule has 1 aromatic carbocycles. The zero-order chi connectivity index (χ0) is 15.9. The van der Waals surface area contributed by atoms with E-state index in [4.69, 9.17) is 0 Å². The molecule has 2 aromatic rings. The van der Waals surface area contributed by atoms with Crippen LogP contribution in [0.3, 0.4) is 0 Å². The van der Waals surface area contributed by atoms with Crippen molar-refractivity contribution in [1.29, 1.82) is 0 Å². The molecule has 4 heteroatoms. The van der Waals surface area contributed by atoms with Gasteiger partial charge in [-0.15, -0.1) is 0 Å². The highest BCUT2D eigenvalue weighted by atomic mass is 16.2. The third-order valence-corrected chi connectivity index (χ3v) is 5.28. The maximum absolute atomic E-state index is 12.8. The topological polar surface area (TPSA) is 46.9 Å². The Morgan fingerprint density at radius 1 is 1.22 bits per heavy atom. The van der Waals surface area contributed by atoms with Crippen LogP contribution in [-0.2, 0) is 17.8 Å². The molecular formula is C19H23N3O. The summed E-state index contributed by atoms with van der Waals surface area (Å²) in [6.07, 6.45) is 10.6. The number of rotatable bonds is 6. The molecule has 0 atom stereocenters. The molecule has 120 valence electrons. The Morgan fingerprint density at radius 2 is 1.96 bits per heavy atom. The summed E-state index contributed by atoms with van der Waals surface area (Å²) in [5.74, 6) is 0.232. The third-order valence-electron chi connectivity index (χ3n) is 5.28. The first-order chi connectivity index (χ1) is 11.1. The van der Waals surface area contributed by atoms with Crippen molar-refractivity contribution in [2.24, 2.45) is 5.41 Å². The number of imidazole rings is 1. The number of aryl methyl sites for hydroxylation is 1. The fourth-order valence-corrected chi connectivity index (χ4v) is 3.30. The first-order valence-corrected chi connectivity index (χ1v) is 8.43. The standard InChI is InChI=1S/C19H23N3O/c1-15-2-4-16(5-3-15)12-19(8-9-19)21-17(23)18(6-7-18)13-22-11-10-20-14-22/h2-5,10-11,14H,6-9,12-13H2,1H3,(H,21,23). The lowest BCUT2D eigenvalue weighted by Crippen LogP contribution is -2.44. The van der Waals surface area contributed by atoms with Crippen molar-refractivity contribution >= 4 is 5.91 Å². The van der Waals surface area contributed by atoms with Crippen molar-refractivity contribution in [1.82, 2.24) is 14.9 Å². The van der Waals surface area contributed by atoms with Gasteiger partial charge in [-0.1, -0.05) is 29.8 Å². The summed E-state index contributed by atoms with van der Waals surface area (Å²) in [5, 5.41) is 3.37. The number of carbonyl (C=O) groups excluding carboxylic acids is 1. The van der Waals surface area contributed by atoms with E-state index in [1.807, 2.05) is 10.8 Å². The predicted molar refractivity (Wildman–Crippen MR) is 88.9 cm³/mol. The Hall–Kier alpha value is -2.10. The molecule has 0 unspecified atom stereocenters. The summed E-state index contributed by atoms with van der Waals surface area (Å²) >= 11 is 0. The van der Waals surface area contributed by atoms with Gasteiger partial charge in [-0.2, -0.15) is 0 Å². The average Bonchev–Trinajstić information content (AvgIpc) is 3.42. The lowest BCUT2D eigenvalue weighted by atomic mass is 10.0. The molecule has 4 rings (SSSR count). The number of benzene rings is 1. The van der Waals surface area contributed by atoms with Gasteiger partial charge in [0.25, 0.3) is 0 Å². The van der Waals surface area contributed by atoms with Crippen LogP contribution in [0.15, 0.2) is 43.0 Å². The van der Waals surface area contributed by atoms with Gasteiger partial charge in [0.1, 0.15) is 0 Å². The third kappa shape index (κ3) is 3.03. The molecule has 2 fully saturated rings. The highest BCUT2D eigenvalue weighted by Crippen LogP contribution is 2.49. The number of carbonyl (C=O) groups is 1. The molecule has 0 aliphatic heterocycles. The van der Waals surface area contributed by atoms with Gasteiger partial charge in [-0.05, 0) is 44.6 Å². The highest BCUT2D eigenvalue weighted by Gasteiger charge is 2.54. The van der Waals surface area contributed by atoms with Gasteiger partial charge in [0.2, 0.25) is 5.91 Å². The summed E-state index contributed by atoms with van der Waals surface area (Å²) in [7, 11) is 0. The van der Waals surface area contributed by atoms with Gasteiger partial charge in [0.05, 0.1) is 11.7 Å². The van der Waals surface area contributed by atoms with Gasteiger partial charge in [0, 0.05) is 24.5 Å². The zero-order valence-electron chi connectivity index (χ0n) is 13.6. The first kappa shape index (κ1) is 14.5. The van der Waals surface area contributed by atoms with Crippen molar-refractivity contribution in [3.63, 3.8) is 0 Å². The van der Waals surface area contributed by atoms with E-state index in [-0.39, 0.29) is 16.9 Å². The van der Waals surface area contributed by atoms with Crippen LogP contribution in [0.25, 0.3) is 0 Å². The van der Waals surface area contributed by atoms with Crippen molar-refractivity contribution in [3.05, 3.63) is 54.1 Å². The van der Waals surface area contributed by atoms with Gasteiger partial charge in [0.15, 0.2) is 0 Å². The molecule has 4 nitrogen and oxygen atoms in total. The molecule has 0 saturated heterocycles. The predicted octanol–water partition coefficient (Wildman–Crippen LogP) is 2.86. The minimum atomic E-state index is -0.205. The number of nitrogens with one attached hydrogen (secondary N) is 1. The second-order valence-corrected chi connectivity index (χ2v) is 7.41. The maximum atomic E-state index is 12.8. The molecular weight excluding hydrogens is 286 g/mol. The van der Waals surface area contributed by atoms with Gasteiger partial charge >= 0.3 is 0 Å². The van der Waals surface area contributed by atoms with E-state index < -0.39 is 0 Å². The number of nitrogens with zero attached hydrogens (tertiary/aromatic N) is 2. The van der Waals surface area contributed by atoms with Crippen molar-refractivity contribution in [2.45, 2.75) is 51.1 Å². The fourth-order valence-electron chi connectivity index (χ4n) is 3.30. The lowest BCUT2D eigenvalue weighted by Gasteiger charge is -2.22. The van der Waals surface area contributed by atoms with Gasteiger partial charge in [-0.25, -0.2) is 4.98 Å². The van der Waals surface area contributed by atoms with Crippen molar-refractivity contribution < 1.29 is 4.79 Å². The molecule has 2 aliphatic carbocycles. The number of hydrogen-bond donors (Lipinski definition) is 1. The van der Waals surface area contributed by atoms with Crippen LogP contribution >= 0.6 is 0 Å². The second kappa shape index (κ2) is 5.22. The average molecular weight is 309 g/mol. The first-order valence-electron chi connectivity index (χ1n) is 8.43.